The Morgan fingerprint density at radius 3 is 3.05 bits per heavy atom. The Balaban J connectivity index is 2.03. The fourth-order valence-corrected chi connectivity index (χ4v) is 2.19. The zero-order valence-electron chi connectivity index (χ0n) is 11.3. The van der Waals surface area contributed by atoms with Gasteiger partial charge < -0.3 is 9.47 Å². The van der Waals surface area contributed by atoms with Crippen molar-refractivity contribution in [1.29, 1.82) is 0 Å². The number of methoxy groups -OCH3 is 1. The van der Waals surface area contributed by atoms with Gasteiger partial charge in [-0.15, -0.1) is 11.3 Å². The summed E-state index contributed by atoms with van der Waals surface area (Å²) in [6.07, 6.45) is 1.57. The molecule has 0 radical (unpaired) electrons. The number of benzene rings is 1. The first-order valence-electron chi connectivity index (χ1n) is 6.15. The first-order valence-corrected chi connectivity index (χ1v) is 7.03. The van der Waals surface area contributed by atoms with Crippen molar-refractivity contribution in [2.75, 3.05) is 19.0 Å². The third-order valence-electron chi connectivity index (χ3n) is 2.49. The fraction of sp³-hybridized carbons (Fsp3) is 0.286. The second-order valence-corrected chi connectivity index (χ2v) is 5.10. The maximum atomic E-state index is 12.1. The zero-order chi connectivity index (χ0) is 14.4. The number of rotatable bonds is 6. The van der Waals surface area contributed by atoms with E-state index in [0.29, 0.717) is 23.1 Å². The van der Waals surface area contributed by atoms with E-state index in [1.165, 1.54) is 11.3 Å². The number of nitrogens with zero attached hydrogens (tertiary/aromatic N) is 1. The third kappa shape index (κ3) is 4.04. The molecule has 1 aromatic heterocycles. The molecular formula is C14H16N2O3S. The smallest absolute Gasteiger partial charge is 0.257 e. The molecule has 0 fully saturated rings. The topological polar surface area (TPSA) is 60.5 Å². The van der Waals surface area contributed by atoms with Crippen LogP contribution in [0.1, 0.15) is 17.3 Å². The number of hydrogen-bond donors (Lipinski definition) is 1. The molecule has 1 amide bonds. The Labute approximate surface area is 121 Å². The molecule has 5 nitrogen and oxygen atoms in total. The van der Waals surface area contributed by atoms with Crippen molar-refractivity contribution in [3.63, 3.8) is 0 Å². The number of thiazole rings is 1. The Morgan fingerprint density at radius 2 is 2.35 bits per heavy atom. The Kier molecular flexibility index (Phi) is 5.09. The number of nitrogens with one attached hydrogen (secondary N) is 1. The van der Waals surface area contributed by atoms with E-state index in [4.69, 9.17) is 9.47 Å². The monoisotopic (exact) mass is 292 g/mol. The largest absolute Gasteiger partial charge is 0.488 e. The van der Waals surface area contributed by atoms with E-state index < -0.39 is 0 Å². The zero-order valence-corrected chi connectivity index (χ0v) is 12.1. The second-order valence-electron chi connectivity index (χ2n) is 4.20. The van der Waals surface area contributed by atoms with Crippen molar-refractivity contribution in [2.45, 2.75) is 13.0 Å². The summed E-state index contributed by atoms with van der Waals surface area (Å²) in [6, 6.07) is 7.03. The van der Waals surface area contributed by atoms with Crippen LogP contribution in [0.3, 0.4) is 0 Å². The lowest BCUT2D eigenvalue weighted by molar-refractivity contribution is 0.0917. The van der Waals surface area contributed by atoms with Crippen molar-refractivity contribution in [3.8, 4) is 5.75 Å². The molecule has 1 aromatic carbocycles. The minimum atomic E-state index is -0.204. The van der Waals surface area contributed by atoms with Crippen LogP contribution in [0.2, 0.25) is 0 Å². The molecule has 20 heavy (non-hydrogen) atoms. The SMILES string of the molecule is COC[C@H](C)Oc1cccc(C(=O)Nc2nccs2)c1. The van der Waals surface area contributed by atoms with Crippen molar-refractivity contribution < 1.29 is 14.3 Å². The number of carbonyl (C=O) groups is 1. The first-order chi connectivity index (χ1) is 9.69. The van der Waals surface area contributed by atoms with E-state index in [1.807, 2.05) is 18.4 Å². The predicted octanol–water partition coefficient (Wildman–Crippen LogP) is 2.81. The molecule has 1 heterocycles. The molecule has 1 N–H and O–H groups in total. The van der Waals surface area contributed by atoms with Gasteiger partial charge in [-0.2, -0.15) is 0 Å². The second kappa shape index (κ2) is 7.02. The van der Waals surface area contributed by atoms with E-state index in [-0.39, 0.29) is 12.0 Å². The molecule has 106 valence electrons. The van der Waals surface area contributed by atoms with Gasteiger partial charge in [0.05, 0.1) is 6.61 Å². The van der Waals surface area contributed by atoms with E-state index in [1.54, 1.807) is 31.5 Å². The Bertz CT molecular complexity index is 557. The molecule has 0 aliphatic heterocycles. The van der Waals surface area contributed by atoms with Crippen molar-refractivity contribution in [3.05, 3.63) is 41.4 Å². The van der Waals surface area contributed by atoms with E-state index in [9.17, 15) is 4.79 Å². The van der Waals surface area contributed by atoms with E-state index in [2.05, 4.69) is 10.3 Å². The maximum Gasteiger partial charge on any atom is 0.257 e. The van der Waals surface area contributed by atoms with E-state index in [0.717, 1.165) is 0 Å². The Morgan fingerprint density at radius 1 is 1.50 bits per heavy atom. The molecule has 2 aromatic rings. The highest BCUT2D eigenvalue weighted by Gasteiger charge is 2.10. The van der Waals surface area contributed by atoms with Crippen molar-refractivity contribution in [2.24, 2.45) is 0 Å². The summed E-state index contributed by atoms with van der Waals surface area (Å²) in [5.74, 6) is 0.436. The molecule has 0 aliphatic rings. The van der Waals surface area contributed by atoms with Crippen LogP contribution in [-0.2, 0) is 4.74 Å². The molecule has 1 atom stereocenters. The number of aromatic nitrogens is 1. The number of carbonyl (C=O) groups excluding carboxylic acids is 1. The third-order valence-corrected chi connectivity index (χ3v) is 3.18. The van der Waals surface area contributed by atoms with E-state index >= 15 is 0 Å². The summed E-state index contributed by atoms with van der Waals surface area (Å²) in [7, 11) is 1.62. The maximum absolute atomic E-state index is 12.1. The summed E-state index contributed by atoms with van der Waals surface area (Å²) < 4.78 is 10.7. The lowest BCUT2D eigenvalue weighted by Crippen LogP contribution is -2.18. The summed E-state index contributed by atoms with van der Waals surface area (Å²) in [4.78, 5) is 16.1. The summed E-state index contributed by atoms with van der Waals surface area (Å²) in [5, 5.41) is 5.12. The average molecular weight is 292 g/mol. The van der Waals surface area contributed by atoms with Crippen LogP contribution in [0.15, 0.2) is 35.8 Å². The molecular weight excluding hydrogens is 276 g/mol. The molecule has 2 rings (SSSR count). The van der Waals surface area contributed by atoms with Gasteiger partial charge in [-0.05, 0) is 25.1 Å². The van der Waals surface area contributed by atoms with Gasteiger partial charge in [-0.25, -0.2) is 4.98 Å². The van der Waals surface area contributed by atoms with Crippen LogP contribution in [-0.4, -0.2) is 30.7 Å². The van der Waals surface area contributed by atoms with Gasteiger partial charge in [0.2, 0.25) is 0 Å². The van der Waals surface area contributed by atoms with Crippen LogP contribution >= 0.6 is 11.3 Å². The lowest BCUT2D eigenvalue weighted by atomic mass is 10.2. The summed E-state index contributed by atoms with van der Waals surface area (Å²) >= 11 is 1.38. The molecule has 0 aliphatic carbocycles. The molecule has 0 bridgehead atoms. The molecule has 0 saturated carbocycles. The average Bonchev–Trinajstić information content (AvgIpc) is 2.92. The quantitative estimate of drug-likeness (QED) is 0.889. The number of amides is 1. The van der Waals surface area contributed by atoms with Crippen LogP contribution < -0.4 is 10.1 Å². The van der Waals surface area contributed by atoms with Gasteiger partial charge in [-0.1, -0.05) is 6.07 Å². The van der Waals surface area contributed by atoms with Crippen LogP contribution in [0, 0.1) is 0 Å². The van der Waals surface area contributed by atoms with Gasteiger partial charge in [0.25, 0.3) is 5.91 Å². The molecule has 0 spiro atoms. The van der Waals surface area contributed by atoms with Crippen LogP contribution in [0.25, 0.3) is 0 Å². The highest BCUT2D eigenvalue weighted by Crippen LogP contribution is 2.17. The highest BCUT2D eigenvalue weighted by molar-refractivity contribution is 7.13. The van der Waals surface area contributed by atoms with Gasteiger partial charge >= 0.3 is 0 Å². The number of ether oxygens (including phenoxy) is 2. The lowest BCUT2D eigenvalue weighted by Gasteiger charge is -2.14. The van der Waals surface area contributed by atoms with Gasteiger partial charge in [-0.3, -0.25) is 10.1 Å². The first kappa shape index (κ1) is 14.5. The van der Waals surface area contributed by atoms with Crippen LogP contribution in [0.4, 0.5) is 5.13 Å². The van der Waals surface area contributed by atoms with Crippen molar-refractivity contribution >= 4 is 22.4 Å². The van der Waals surface area contributed by atoms with Gasteiger partial charge in [0.15, 0.2) is 5.13 Å². The number of anilines is 1. The number of hydrogen-bond acceptors (Lipinski definition) is 5. The predicted molar refractivity (Wildman–Crippen MR) is 78.5 cm³/mol. The van der Waals surface area contributed by atoms with Crippen LogP contribution in [0.5, 0.6) is 5.75 Å². The Hall–Kier alpha value is -1.92. The fourth-order valence-electron chi connectivity index (χ4n) is 1.67. The van der Waals surface area contributed by atoms with Gasteiger partial charge in [0.1, 0.15) is 11.9 Å². The standard InChI is InChI=1S/C14H16N2O3S/c1-10(9-18-2)19-12-5-3-4-11(8-12)13(17)16-14-15-6-7-20-14/h3-8,10H,9H2,1-2H3,(H,15,16,17)/t10-/m0/s1. The normalized spacial score (nSPS) is 11.9. The van der Waals surface area contributed by atoms with Crippen molar-refractivity contribution in [1.82, 2.24) is 4.98 Å². The molecule has 0 unspecified atom stereocenters. The molecule has 6 heteroatoms. The summed E-state index contributed by atoms with van der Waals surface area (Å²) in [5.41, 5.74) is 0.530. The summed E-state index contributed by atoms with van der Waals surface area (Å²) in [6.45, 7) is 2.40. The van der Waals surface area contributed by atoms with Gasteiger partial charge in [0, 0.05) is 24.3 Å². The highest BCUT2D eigenvalue weighted by atomic mass is 32.1. The molecule has 0 saturated heterocycles. The minimum absolute atomic E-state index is 0.0720. The minimum Gasteiger partial charge on any atom is -0.488 e.